The Labute approximate surface area is 91.3 Å². The lowest BCUT2D eigenvalue weighted by Gasteiger charge is -1.96. The average Bonchev–Trinajstić information content (AvgIpc) is 2.54. The molecule has 0 aliphatic carbocycles. The number of pyridine rings is 1. The predicted molar refractivity (Wildman–Crippen MR) is 60.5 cm³/mol. The van der Waals surface area contributed by atoms with Crippen LogP contribution in [0.4, 0.5) is 0 Å². The number of rotatable bonds is 3. The molecule has 0 atom stereocenters. The fourth-order valence-corrected chi connectivity index (χ4v) is 2.00. The number of nitrogens with zero attached hydrogens (tertiary/aromatic N) is 2. The third-order valence-electron chi connectivity index (χ3n) is 2.15. The third-order valence-corrected chi connectivity index (χ3v) is 2.99. The first-order valence-corrected chi connectivity index (χ1v) is 5.38. The number of aromatic nitrogens is 2. The Morgan fingerprint density at radius 2 is 2.36 bits per heavy atom. The zero-order valence-corrected chi connectivity index (χ0v) is 9.58. The molecule has 0 saturated carbocycles. The second-order valence-electron chi connectivity index (χ2n) is 3.13. The van der Waals surface area contributed by atoms with Gasteiger partial charge in [-0.15, -0.1) is 0 Å². The molecule has 0 radical (unpaired) electrons. The van der Waals surface area contributed by atoms with Crippen molar-refractivity contribution in [1.29, 1.82) is 0 Å². The Morgan fingerprint density at radius 3 is 3.07 bits per heavy atom. The van der Waals surface area contributed by atoms with Gasteiger partial charge in [-0.1, -0.05) is 6.07 Å². The van der Waals surface area contributed by atoms with Gasteiger partial charge >= 0.3 is 0 Å². The van der Waals surface area contributed by atoms with Gasteiger partial charge in [-0.2, -0.15) is 0 Å². The van der Waals surface area contributed by atoms with Crippen LogP contribution in [0.15, 0.2) is 29.0 Å². The van der Waals surface area contributed by atoms with E-state index >= 15 is 0 Å². The first-order valence-electron chi connectivity index (χ1n) is 4.59. The Kier molecular flexibility index (Phi) is 2.84. The number of nitrogens with one attached hydrogen (secondary N) is 1. The van der Waals surface area contributed by atoms with Crippen molar-refractivity contribution in [3.05, 3.63) is 34.7 Å². The van der Waals surface area contributed by atoms with Crippen LogP contribution in [-0.4, -0.2) is 23.0 Å². The van der Waals surface area contributed by atoms with Gasteiger partial charge in [0.15, 0.2) is 0 Å². The predicted octanol–water partition coefficient (Wildman–Crippen LogP) is 1.86. The molecule has 4 heteroatoms. The minimum atomic E-state index is 0.943. The van der Waals surface area contributed by atoms with Crippen LogP contribution in [0, 0.1) is 0 Å². The highest BCUT2D eigenvalue weighted by atomic mass is 79.9. The molecular weight excluding hydrogens is 242 g/mol. The highest BCUT2D eigenvalue weighted by Crippen LogP contribution is 2.18. The van der Waals surface area contributed by atoms with Crippen LogP contribution < -0.4 is 5.32 Å². The molecule has 74 valence electrons. The van der Waals surface area contributed by atoms with E-state index in [-0.39, 0.29) is 0 Å². The number of hydrogen-bond acceptors (Lipinski definition) is 2. The van der Waals surface area contributed by atoms with Gasteiger partial charge in [-0.25, -0.2) is 4.98 Å². The number of hydrogen-bond donors (Lipinski definition) is 1. The summed E-state index contributed by atoms with van der Waals surface area (Å²) < 4.78 is 3.11. The Balaban J connectivity index is 2.41. The highest BCUT2D eigenvalue weighted by Gasteiger charge is 2.07. The zero-order valence-electron chi connectivity index (χ0n) is 8.00. The molecule has 0 bridgehead atoms. The summed E-state index contributed by atoms with van der Waals surface area (Å²) in [4.78, 5) is 4.53. The number of halogens is 1. The lowest BCUT2D eigenvalue weighted by molar-refractivity contribution is 0.777. The largest absolute Gasteiger partial charge is 0.319 e. The summed E-state index contributed by atoms with van der Waals surface area (Å²) in [6, 6.07) is 6.01. The molecule has 14 heavy (non-hydrogen) atoms. The molecule has 0 spiro atoms. The molecule has 0 amide bonds. The van der Waals surface area contributed by atoms with E-state index in [1.165, 1.54) is 0 Å². The standard InChI is InChI=1S/C10H12BrN3/c1-12-6-5-8-10(11)14-7-3-2-4-9(14)13-8/h2-4,7,12H,5-6H2,1H3. The number of fused-ring (bicyclic) bond motifs is 1. The van der Waals surface area contributed by atoms with Crippen molar-refractivity contribution in [3.8, 4) is 0 Å². The van der Waals surface area contributed by atoms with E-state index in [2.05, 4.69) is 26.2 Å². The average molecular weight is 254 g/mol. The normalized spacial score (nSPS) is 11.0. The first-order chi connectivity index (χ1) is 6.83. The molecule has 0 aromatic carbocycles. The van der Waals surface area contributed by atoms with Crippen molar-refractivity contribution in [1.82, 2.24) is 14.7 Å². The van der Waals surface area contributed by atoms with Gasteiger partial charge in [-0.05, 0) is 35.1 Å². The fourth-order valence-electron chi connectivity index (χ4n) is 1.42. The summed E-state index contributed by atoms with van der Waals surface area (Å²) in [5.74, 6) is 0. The molecule has 2 heterocycles. The SMILES string of the molecule is CNCCc1nc2ccccn2c1Br. The van der Waals surface area contributed by atoms with Gasteiger partial charge in [0.05, 0.1) is 5.69 Å². The van der Waals surface area contributed by atoms with Gasteiger partial charge in [0.1, 0.15) is 10.3 Å². The molecule has 1 N–H and O–H groups in total. The number of imidazole rings is 1. The summed E-state index contributed by atoms with van der Waals surface area (Å²) in [5, 5.41) is 3.12. The van der Waals surface area contributed by atoms with E-state index in [1.54, 1.807) is 0 Å². The Hall–Kier alpha value is -0.870. The summed E-state index contributed by atoms with van der Waals surface area (Å²) in [7, 11) is 1.95. The zero-order chi connectivity index (χ0) is 9.97. The van der Waals surface area contributed by atoms with E-state index < -0.39 is 0 Å². The lowest BCUT2D eigenvalue weighted by atomic mass is 10.3. The highest BCUT2D eigenvalue weighted by molar-refractivity contribution is 9.10. The van der Waals surface area contributed by atoms with Crippen LogP contribution in [0.1, 0.15) is 5.69 Å². The van der Waals surface area contributed by atoms with Crippen molar-refractivity contribution in [3.63, 3.8) is 0 Å². The molecule has 0 saturated heterocycles. The topological polar surface area (TPSA) is 29.3 Å². The minimum absolute atomic E-state index is 0.943. The molecule has 0 aliphatic rings. The van der Waals surface area contributed by atoms with Crippen molar-refractivity contribution < 1.29 is 0 Å². The van der Waals surface area contributed by atoms with Gasteiger partial charge in [0, 0.05) is 19.2 Å². The van der Waals surface area contributed by atoms with Crippen LogP contribution in [0.2, 0.25) is 0 Å². The van der Waals surface area contributed by atoms with Gasteiger partial charge < -0.3 is 5.32 Å². The van der Waals surface area contributed by atoms with Crippen LogP contribution in [0.3, 0.4) is 0 Å². The molecular formula is C10H12BrN3. The van der Waals surface area contributed by atoms with Gasteiger partial charge in [-0.3, -0.25) is 4.40 Å². The van der Waals surface area contributed by atoms with Crippen molar-refractivity contribution in [2.75, 3.05) is 13.6 Å². The van der Waals surface area contributed by atoms with Crippen LogP contribution in [0.25, 0.3) is 5.65 Å². The third kappa shape index (κ3) is 1.67. The minimum Gasteiger partial charge on any atom is -0.319 e. The van der Waals surface area contributed by atoms with Crippen molar-refractivity contribution >= 4 is 21.6 Å². The lowest BCUT2D eigenvalue weighted by Crippen LogP contribution is -2.10. The fraction of sp³-hybridized carbons (Fsp3) is 0.300. The van der Waals surface area contributed by atoms with Gasteiger partial charge in [0.25, 0.3) is 0 Å². The second kappa shape index (κ2) is 4.11. The van der Waals surface area contributed by atoms with E-state index in [0.717, 1.165) is 28.9 Å². The summed E-state index contributed by atoms with van der Waals surface area (Å²) in [6.07, 6.45) is 2.95. The molecule has 0 aliphatic heterocycles. The molecule has 2 aromatic heterocycles. The first kappa shape index (κ1) is 9.68. The van der Waals surface area contributed by atoms with E-state index in [9.17, 15) is 0 Å². The van der Waals surface area contributed by atoms with Crippen LogP contribution in [-0.2, 0) is 6.42 Å². The van der Waals surface area contributed by atoms with Gasteiger partial charge in [0.2, 0.25) is 0 Å². The van der Waals surface area contributed by atoms with E-state index in [1.807, 2.05) is 35.8 Å². The Morgan fingerprint density at radius 1 is 1.50 bits per heavy atom. The maximum atomic E-state index is 4.53. The summed E-state index contributed by atoms with van der Waals surface area (Å²) in [5.41, 5.74) is 2.09. The van der Waals surface area contributed by atoms with Crippen molar-refractivity contribution in [2.45, 2.75) is 6.42 Å². The molecule has 0 unspecified atom stereocenters. The van der Waals surface area contributed by atoms with Crippen molar-refractivity contribution in [2.24, 2.45) is 0 Å². The second-order valence-corrected chi connectivity index (χ2v) is 3.88. The van der Waals surface area contributed by atoms with Crippen LogP contribution in [0.5, 0.6) is 0 Å². The summed E-state index contributed by atoms with van der Waals surface area (Å²) >= 11 is 3.55. The van der Waals surface area contributed by atoms with Crippen LogP contribution >= 0.6 is 15.9 Å². The van der Waals surface area contributed by atoms with E-state index in [0.29, 0.717) is 0 Å². The monoisotopic (exact) mass is 253 g/mol. The quantitative estimate of drug-likeness (QED) is 0.905. The molecule has 2 rings (SSSR count). The Bertz CT molecular complexity index is 436. The maximum absolute atomic E-state index is 4.53. The summed E-state index contributed by atoms with van der Waals surface area (Å²) in [6.45, 7) is 0.947. The smallest absolute Gasteiger partial charge is 0.137 e. The molecule has 0 fully saturated rings. The molecule has 2 aromatic rings. The maximum Gasteiger partial charge on any atom is 0.137 e. The number of likely N-dealkylation sites (N-methyl/N-ethyl adjacent to an activating group) is 1. The van der Waals surface area contributed by atoms with E-state index in [4.69, 9.17) is 0 Å². The molecule has 3 nitrogen and oxygen atoms in total.